The molecule has 0 spiro atoms. The highest BCUT2D eigenvalue weighted by Crippen LogP contribution is 2.05. The van der Waals surface area contributed by atoms with Crippen LogP contribution in [-0.2, 0) is 6.42 Å². The Morgan fingerprint density at radius 1 is 1.20 bits per heavy atom. The minimum absolute atomic E-state index is 0. The Hall–Kier alpha value is -1.90. The molecule has 0 aliphatic carbocycles. The van der Waals surface area contributed by atoms with E-state index in [9.17, 15) is 4.39 Å². The molecule has 0 bridgehead atoms. The van der Waals surface area contributed by atoms with Crippen LogP contribution in [0.25, 0.3) is 0 Å². The van der Waals surface area contributed by atoms with Gasteiger partial charge in [0.2, 0.25) is 0 Å². The van der Waals surface area contributed by atoms with Crippen molar-refractivity contribution < 1.29 is 9.13 Å². The number of hydrogen-bond donors (Lipinski definition) is 2. The maximum absolute atomic E-state index is 12.9. The summed E-state index contributed by atoms with van der Waals surface area (Å²) in [5, 5.41) is 6.41. The first-order valence-corrected chi connectivity index (χ1v) is 8.07. The minimum atomic E-state index is -0.217. The molecule has 5 nitrogen and oxygen atoms in total. The monoisotopic (exact) mass is 458 g/mol. The molecular formula is C18H24FIN4O. The van der Waals surface area contributed by atoms with Crippen LogP contribution in [-0.4, -0.2) is 37.2 Å². The van der Waals surface area contributed by atoms with Crippen molar-refractivity contribution in [3.63, 3.8) is 0 Å². The Kier molecular flexibility index (Phi) is 10.5. The van der Waals surface area contributed by atoms with Gasteiger partial charge in [-0.1, -0.05) is 12.1 Å². The molecule has 0 unspecified atom stereocenters. The second kappa shape index (κ2) is 12.5. The van der Waals surface area contributed by atoms with Crippen LogP contribution in [0.5, 0.6) is 5.75 Å². The molecule has 0 amide bonds. The summed E-state index contributed by atoms with van der Waals surface area (Å²) in [6.45, 7) is 4.59. The van der Waals surface area contributed by atoms with Crippen LogP contribution in [0.4, 0.5) is 4.39 Å². The van der Waals surface area contributed by atoms with Gasteiger partial charge in [0.1, 0.15) is 18.2 Å². The first kappa shape index (κ1) is 21.1. The molecular weight excluding hydrogens is 434 g/mol. The largest absolute Gasteiger partial charge is 0.490 e. The molecule has 0 saturated heterocycles. The smallest absolute Gasteiger partial charge is 0.191 e. The number of halogens is 2. The number of guanidine groups is 1. The van der Waals surface area contributed by atoms with Crippen molar-refractivity contribution in [2.24, 2.45) is 4.99 Å². The van der Waals surface area contributed by atoms with E-state index in [0.29, 0.717) is 19.7 Å². The average Bonchev–Trinajstić information content (AvgIpc) is 2.61. The molecule has 2 N–H and O–H groups in total. The van der Waals surface area contributed by atoms with Crippen LogP contribution < -0.4 is 15.4 Å². The predicted molar refractivity (Wildman–Crippen MR) is 109 cm³/mol. The number of aromatic nitrogens is 1. The molecule has 7 heteroatoms. The van der Waals surface area contributed by atoms with Crippen molar-refractivity contribution in [1.82, 2.24) is 15.6 Å². The standard InChI is InChI=1S/C18H23FN4O.HI/c1-2-21-18(22-11-9-15-5-7-16(19)8-6-15)23-12-13-24-17-4-3-10-20-14-17;/h3-8,10,14H,2,9,11-13H2,1H3,(H2,21,22,23);1H. The lowest BCUT2D eigenvalue weighted by molar-refractivity contribution is 0.320. The first-order chi connectivity index (χ1) is 11.8. The predicted octanol–water partition coefficient (Wildman–Crippen LogP) is 3.02. The summed E-state index contributed by atoms with van der Waals surface area (Å²) in [5.74, 6) is 1.28. The molecule has 0 saturated carbocycles. The van der Waals surface area contributed by atoms with Crippen molar-refractivity contribution in [2.45, 2.75) is 13.3 Å². The van der Waals surface area contributed by atoms with Crippen LogP contribution in [0.3, 0.4) is 0 Å². The third kappa shape index (κ3) is 8.67. The van der Waals surface area contributed by atoms with Gasteiger partial charge in [-0.05, 0) is 43.2 Å². The normalized spacial score (nSPS) is 10.7. The molecule has 0 radical (unpaired) electrons. The zero-order valence-corrected chi connectivity index (χ0v) is 16.6. The van der Waals surface area contributed by atoms with Crippen LogP contribution in [0.15, 0.2) is 53.8 Å². The van der Waals surface area contributed by atoms with E-state index in [1.54, 1.807) is 24.5 Å². The van der Waals surface area contributed by atoms with Gasteiger partial charge in [-0.25, -0.2) is 4.39 Å². The molecule has 1 aromatic carbocycles. The van der Waals surface area contributed by atoms with Gasteiger partial charge in [-0.15, -0.1) is 24.0 Å². The third-order valence-corrected chi connectivity index (χ3v) is 3.23. The van der Waals surface area contributed by atoms with Crippen molar-refractivity contribution in [3.8, 4) is 5.75 Å². The van der Waals surface area contributed by atoms with Gasteiger partial charge in [-0.2, -0.15) is 0 Å². The Morgan fingerprint density at radius 3 is 2.68 bits per heavy atom. The van der Waals surface area contributed by atoms with Crippen molar-refractivity contribution >= 4 is 29.9 Å². The van der Waals surface area contributed by atoms with Gasteiger partial charge in [0.25, 0.3) is 0 Å². The second-order valence-corrected chi connectivity index (χ2v) is 5.10. The summed E-state index contributed by atoms with van der Waals surface area (Å²) < 4.78 is 18.4. The van der Waals surface area contributed by atoms with Gasteiger partial charge in [0.05, 0.1) is 12.7 Å². The highest BCUT2D eigenvalue weighted by Gasteiger charge is 1.98. The highest BCUT2D eigenvalue weighted by molar-refractivity contribution is 14.0. The molecule has 136 valence electrons. The van der Waals surface area contributed by atoms with Gasteiger partial charge >= 0.3 is 0 Å². The van der Waals surface area contributed by atoms with Gasteiger partial charge in [0, 0.05) is 19.3 Å². The lowest BCUT2D eigenvalue weighted by atomic mass is 10.1. The Balaban J connectivity index is 0.00000312. The van der Waals surface area contributed by atoms with Crippen LogP contribution in [0.2, 0.25) is 0 Å². The molecule has 1 heterocycles. The highest BCUT2D eigenvalue weighted by atomic mass is 127. The van der Waals surface area contributed by atoms with Gasteiger partial charge < -0.3 is 15.4 Å². The number of benzene rings is 1. The summed E-state index contributed by atoms with van der Waals surface area (Å²) in [5.41, 5.74) is 1.07. The summed E-state index contributed by atoms with van der Waals surface area (Å²) >= 11 is 0. The average molecular weight is 458 g/mol. The number of aliphatic imine (C=N–C) groups is 1. The molecule has 25 heavy (non-hydrogen) atoms. The Morgan fingerprint density at radius 2 is 2.00 bits per heavy atom. The maximum Gasteiger partial charge on any atom is 0.191 e. The fraction of sp³-hybridized carbons (Fsp3) is 0.333. The van der Waals surface area contributed by atoms with E-state index < -0.39 is 0 Å². The van der Waals surface area contributed by atoms with Gasteiger partial charge in [-0.3, -0.25) is 9.98 Å². The number of nitrogens with one attached hydrogen (secondary N) is 2. The topological polar surface area (TPSA) is 58.5 Å². The maximum atomic E-state index is 12.9. The number of pyridine rings is 1. The zero-order chi connectivity index (χ0) is 17.0. The van der Waals surface area contributed by atoms with Crippen molar-refractivity contribution in [2.75, 3.05) is 26.2 Å². The van der Waals surface area contributed by atoms with Crippen LogP contribution in [0, 0.1) is 5.82 Å². The van der Waals surface area contributed by atoms with Crippen molar-refractivity contribution in [1.29, 1.82) is 0 Å². The van der Waals surface area contributed by atoms with E-state index in [1.165, 1.54) is 12.1 Å². The molecule has 0 atom stereocenters. The molecule has 2 rings (SSSR count). The SMILES string of the molecule is CCNC(=NCCc1ccc(F)cc1)NCCOc1cccnc1.I. The fourth-order valence-electron chi connectivity index (χ4n) is 2.06. The zero-order valence-electron chi connectivity index (χ0n) is 14.2. The Labute approximate surface area is 165 Å². The molecule has 0 fully saturated rings. The first-order valence-electron chi connectivity index (χ1n) is 8.07. The van der Waals surface area contributed by atoms with Crippen LogP contribution >= 0.6 is 24.0 Å². The Bertz CT molecular complexity index is 623. The summed E-state index contributed by atoms with van der Waals surface area (Å²) in [4.78, 5) is 8.51. The van der Waals surface area contributed by atoms with Crippen LogP contribution in [0.1, 0.15) is 12.5 Å². The molecule has 0 aliphatic rings. The van der Waals surface area contributed by atoms with E-state index in [2.05, 4.69) is 20.6 Å². The van der Waals surface area contributed by atoms with E-state index >= 15 is 0 Å². The fourth-order valence-corrected chi connectivity index (χ4v) is 2.06. The number of rotatable bonds is 8. The number of hydrogen-bond acceptors (Lipinski definition) is 3. The van der Waals surface area contributed by atoms with E-state index in [4.69, 9.17) is 4.74 Å². The lowest BCUT2D eigenvalue weighted by Gasteiger charge is -2.12. The van der Waals surface area contributed by atoms with E-state index in [0.717, 1.165) is 30.2 Å². The third-order valence-electron chi connectivity index (χ3n) is 3.23. The minimum Gasteiger partial charge on any atom is -0.490 e. The molecule has 2 aromatic rings. The quantitative estimate of drug-likeness (QED) is 0.277. The van der Waals surface area contributed by atoms with Gasteiger partial charge in [0.15, 0.2) is 5.96 Å². The van der Waals surface area contributed by atoms with E-state index in [-0.39, 0.29) is 29.8 Å². The number of ether oxygens (including phenoxy) is 1. The number of nitrogens with zero attached hydrogens (tertiary/aromatic N) is 2. The summed E-state index contributed by atoms with van der Waals surface area (Å²) in [7, 11) is 0. The molecule has 1 aromatic heterocycles. The lowest BCUT2D eigenvalue weighted by Crippen LogP contribution is -2.39. The summed E-state index contributed by atoms with van der Waals surface area (Å²) in [6, 6.07) is 10.2. The second-order valence-electron chi connectivity index (χ2n) is 5.10. The molecule has 0 aliphatic heterocycles. The van der Waals surface area contributed by atoms with E-state index in [1.807, 2.05) is 19.1 Å². The summed E-state index contributed by atoms with van der Waals surface area (Å²) in [6.07, 6.45) is 4.16. The van der Waals surface area contributed by atoms with Crippen molar-refractivity contribution in [3.05, 3.63) is 60.2 Å².